The molecule has 3 rings (SSSR count). The standard InChI is InChI=1S/C23H29N5O7/c1-12(2)7-8-25-21-18-16(24-6)9-28(22(18)27-11-26-21)23-20(34-15(5)31)19(33-14(4)30)17(35-23)10-32-13(3)29/h9,11-12,17,19-20,23H,7-8,10H2,1-5H3,(H,25,26,27)/t17?,19?,20-,23-/m1/s1. The summed E-state index contributed by atoms with van der Waals surface area (Å²) in [6, 6.07) is 0. The predicted octanol–water partition coefficient (Wildman–Crippen LogP) is 2.76. The molecule has 4 atom stereocenters. The number of ether oxygens (including phenoxy) is 4. The van der Waals surface area contributed by atoms with Crippen LogP contribution in [0.2, 0.25) is 0 Å². The van der Waals surface area contributed by atoms with Crippen molar-refractivity contribution >= 4 is 40.4 Å². The van der Waals surface area contributed by atoms with Crippen LogP contribution >= 0.6 is 0 Å². The number of esters is 3. The third kappa shape index (κ3) is 6.05. The monoisotopic (exact) mass is 487 g/mol. The maximum absolute atomic E-state index is 11.9. The van der Waals surface area contributed by atoms with Gasteiger partial charge in [-0.05, 0) is 12.3 Å². The largest absolute Gasteiger partial charge is 0.463 e. The molecule has 0 spiro atoms. The molecule has 12 heteroatoms. The van der Waals surface area contributed by atoms with Crippen molar-refractivity contribution in [3.8, 4) is 0 Å². The molecule has 1 N–H and O–H groups in total. The summed E-state index contributed by atoms with van der Waals surface area (Å²) in [5, 5.41) is 3.75. The van der Waals surface area contributed by atoms with Crippen LogP contribution in [0.3, 0.4) is 0 Å². The molecule has 0 saturated carbocycles. The third-order valence-corrected chi connectivity index (χ3v) is 5.34. The average Bonchev–Trinajstić information content (AvgIpc) is 3.30. The van der Waals surface area contributed by atoms with Crippen LogP contribution in [0.5, 0.6) is 0 Å². The molecule has 2 aromatic rings. The second-order valence-electron chi connectivity index (χ2n) is 8.58. The number of hydrogen-bond donors (Lipinski definition) is 1. The van der Waals surface area contributed by atoms with E-state index >= 15 is 0 Å². The van der Waals surface area contributed by atoms with Gasteiger partial charge in [0.25, 0.3) is 0 Å². The van der Waals surface area contributed by atoms with Crippen molar-refractivity contribution in [2.75, 3.05) is 18.5 Å². The highest BCUT2D eigenvalue weighted by molar-refractivity contribution is 5.99. The molecule has 0 aromatic carbocycles. The zero-order valence-corrected chi connectivity index (χ0v) is 20.3. The summed E-state index contributed by atoms with van der Waals surface area (Å²) < 4.78 is 23.6. The van der Waals surface area contributed by atoms with Gasteiger partial charge in [0, 0.05) is 33.5 Å². The summed E-state index contributed by atoms with van der Waals surface area (Å²) in [5.41, 5.74) is 0.639. The maximum atomic E-state index is 11.9. The first-order valence-corrected chi connectivity index (χ1v) is 11.2. The summed E-state index contributed by atoms with van der Waals surface area (Å²) in [6.07, 6.45) is -0.280. The Morgan fingerprint density at radius 3 is 2.43 bits per heavy atom. The SMILES string of the molecule is [C-]#[N+]c1cn([C@@H]2OC(COC(C)=O)C(OC(C)=O)[C@H]2OC(C)=O)c2ncnc(NCCC(C)C)c12. The number of carbonyl (C=O) groups is 3. The third-order valence-electron chi connectivity index (χ3n) is 5.34. The predicted molar refractivity (Wildman–Crippen MR) is 123 cm³/mol. The maximum Gasteiger partial charge on any atom is 0.303 e. The Hall–Kier alpha value is -3.72. The smallest absolute Gasteiger partial charge is 0.303 e. The van der Waals surface area contributed by atoms with Crippen LogP contribution in [0, 0.1) is 12.5 Å². The number of rotatable bonds is 9. The minimum absolute atomic E-state index is 0.229. The fourth-order valence-electron chi connectivity index (χ4n) is 3.87. The van der Waals surface area contributed by atoms with Gasteiger partial charge in [-0.2, -0.15) is 0 Å². The van der Waals surface area contributed by atoms with Gasteiger partial charge in [-0.1, -0.05) is 13.8 Å². The van der Waals surface area contributed by atoms with E-state index < -0.39 is 42.4 Å². The fourth-order valence-corrected chi connectivity index (χ4v) is 3.87. The van der Waals surface area contributed by atoms with Crippen LogP contribution < -0.4 is 5.32 Å². The summed E-state index contributed by atoms with van der Waals surface area (Å²) in [6.45, 7) is 16.0. The molecule has 3 heterocycles. The Bertz CT molecular complexity index is 1140. The zero-order valence-electron chi connectivity index (χ0n) is 20.3. The van der Waals surface area contributed by atoms with Crippen molar-refractivity contribution in [1.82, 2.24) is 14.5 Å². The molecule has 0 aliphatic carbocycles. The first-order chi connectivity index (χ1) is 16.6. The molecule has 12 nitrogen and oxygen atoms in total. The first-order valence-electron chi connectivity index (χ1n) is 11.2. The molecular weight excluding hydrogens is 458 g/mol. The van der Waals surface area contributed by atoms with E-state index in [1.807, 2.05) is 0 Å². The van der Waals surface area contributed by atoms with Crippen molar-refractivity contribution < 1.29 is 33.3 Å². The van der Waals surface area contributed by atoms with E-state index in [-0.39, 0.29) is 12.3 Å². The summed E-state index contributed by atoms with van der Waals surface area (Å²) in [5.74, 6) is -0.818. The van der Waals surface area contributed by atoms with Gasteiger partial charge in [0.05, 0.1) is 12.0 Å². The Morgan fingerprint density at radius 2 is 1.83 bits per heavy atom. The van der Waals surface area contributed by atoms with Crippen LogP contribution in [0.1, 0.15) is 47.3 Å². The second kappa shape index (κ2) is 11.1. The van der Waals surface area contributed by atoms with Crippen LogP contribution in [0.15, 0.2) is 12.5 Å². The molecular formula is C23H29N5O7. The van der Waals surface area contributed by atoms with E-state index in [0.29, 0.717) is 29.3 Å². The van der Waals surface area contributed by atoms with Crippen molar-refractivity contribution in [1.29, 1.82) is 0 Å². The molecule has 1 aliphatic rings. The van der Waals surface area contributed by atoms with Crippen molar-refractivity contribution in [2.24, 2.45) is 5.92 Å². The Kier molecular flexibility index (Phi) is 8.24. The van der Waals surface area contributed by atoms with Gasteiger partial charge in [-0.25, -0.2) is 14.8 Å². The highest BCUT2D eigenvalue weighted by atomic mass is 16.7. The molecule has 0 radical (unpaired) electrons. The van der Waals surface area contributed by atoms with Gasteiger partial charge in [0.2, 0.25) is 5.69 Å². The molecule has 1 saturated heterocycles. The molecule has 1 fully saturated rings. The van der Waals surface area contributed by atoms with Gasteiger partial charge in [0.1, 0.15) is 30.5 Å². The Morgan fingerprint density at radius 1 is 1.14 bits per heavy atom. The van der Waals surface area contributed by atoms with E-state index in [9.17, 15) is 14.4 Å². The summed E-state index contributed by atoms with van der Waals surface area (Å²) in [4.78, 5) is 47.4. The number of fused-ring (bicyclic) bond motifs is 1. The van der Waals surface area contributed by atoms with Crippen LogP contribution in [0.25, 0.3) is 15.9 Å². The van der Waals surface area contributed by atoms with Gasteiger partial charge in [-0.15, -0.1) is 0 Å². The minimum Gasteiger partial charge on any atom is -0.463 e. The Labute approximate surface area is 202 Å². The summed E-state index contributed by atoms with van der Waals surface area (Å²) >= 11 is 0. The normalized spacial score (nSPS) is 21.5. The van der Waals surface area contributed by atoms with E-state index in [4.69, 9.17) is 25.5 Å². The molecule has 2 unspecified atom stereocenters. The summed E-state index contributed by atoms with van der Waals surface area (Å²) in [7, 11) is 0. The molecule has 2 aromatic heterocycles. The van der Waals surface area contributed by atoms with Crippen LogP contribution in [0.4, 0.5) is 11.5 Å². The minimum atomic E-state index is -1.08. The number of aromatic nitrogens is 3. The van der Waals surface area contributed by atoms with Crippen molar-refractivity contribution in [2.45, 2.75) is 65.6 Å². The quantitative estimate of drug-likeness (QED) is 0.319. The van der Waals surface area contributed by atoms with E-state index in [2.05, 4.69) is 34.0 Å². The highest BCUT2D eigenvalue weighted by Gasteiger charge is 2.51. The van der Waals surface area contributed by atoms with Crippen LogP contribution in [-0.2, 0) is 33.3 Å². The fraction of sp³-hybridized carbons (Fsp3) is 0.565. The lowest BCUT2D eigenvalue weighted by molar-refractivity contribution is -0.166. The lowest BCUT2D eigenvalue weighted by Crippen LogP contribution is -2.40. The Balaban J connectivity index is 2.06. The van der Waals surface area contributed by atoms with E-state index in [1.54, 1.807) is 4.57 Å². The zero-order chi connectivity index (χ0) is 25.7. The number of carbonyl (C=O) groups excluding carboxylic acids is 3. The van der Waals surface area contributed by atoms with E-state index in [1.165, 1.54) is 33.3 Å². The molecule has 35 heavy (non-hydrogen) atoms. The highest BCUT2D eigenvalue weighted by Crippen LogP contribution is 2.40. The molecule has 188 valence electrons. The van der Waals surface area contributed by atoms with Crippen molar-refractivity contribution in [3.63, 3.8) is 0 Å². The van der Waals surface area contributed by atoms with Crippen molar-refractivity contribution in [3.05, 3.63) is 23.9 Å². The van der Waals surface area contributed by atoms with Crippen LogP contribution in [-0.4, -0.2) is 63.9 Å². The molecule has 0 bridgehead atoms. The second-order valence-corrected chi connectivity index (χ2v) is 8.58. The lowest BCUT2D eigenvalue weighted by Gasteiger charge is -2.24. The molecule has 0 amide bonds. The first kappa shape index (κ1) is 25.9. The van der Waals surface area contributed by atoms with E-state index in [0.717, 1.165) is 6.42 Å². The number of hydrogen-bond acceptors (Lipinski definition) is 10. The molecule has 1 aliphatic heterocycles. The lowest BCUT2D eigenvalue weighted by atomic mass is 10.1. The van der Waals surface area contributed by atoms with Gasteiger partial charge in [0.15, 0.2) is 18.4 Å². The number of nitrogens with one attached hydrogen (secondary N) is 1. The topological polar surface area (TPSA) is 135 Å². The van der Waals surface area contributed by atoms with Gasteiger partial charge in [-0.3, -0.25) is 14.4 Å². The van der Waals surface area contributed by atoms with Gasteiger partial charge < -0.3 is 28.8 Å². The van der Waals surface area contributed by atoms with Gasteiger partial charge >= 0.3 is 17.9 Å². The number of anilines is 1. The number of nitrogens with zero attached hydrogens (tertiary/aromatic N) is 4. The average molecular weight is 488 g/mol.